The van der Waals surface area contributed by atoms with E-state index in [1.807, 2.05) is 6.92 Å². The number of hydrogen-bond donors (Lipinski definition) is 3. The molecule has 1 atom stereocenters. The van der Waals surface area contributed by atoms with Gasteiger partial charge in [-0.3, -0.25) is 4.99 Å². The van der Waals surface area contributed by atoms with Crippen LogP contribution in [0.15, 0.2) is 4.99 Å². The number of nitrogens with zero attached hydrogens (tertiary/aromatic N) is 1. The quantitative estimate of drug-likeness (QED) is 0.438. The molecular weight excluding hydrogens is 288 g/mol. The Balaban J connectivity index is 2.36. The highest BCUT2D eigenvalue weighted by atomic mass is 32.2. The van der Waals surface area contributed by atoms with Gasteiger partial charge in [-0.05, 0) is 39.0 Å². The predicted octanol–water partition coefficient (Wildman–Crippen LogP) is 1.06. The first kappa shape index (κ1) is 18.2. The van der Waals surface area contributed by atoms with Crippen LogP contribution in [0.3, 0.4) is 0 Å². The van der Waals surface area contributed by atoms with E-state index in [9.17, 15) is 8.42 Å². The second-order valence-corrected chi connectivity index (χ2v) is 7.60. The lowest BCUT2D eigenvalue weighted by Gasteiger charge is -2.25. The Morgan fingerprint density at radius 3 is 2.57 bits per heavy atom. The summed E-state index contributed by atoms with van der Waals surface area (Å²) in [5, 5.41) is 6.37. The molecule has 0 aromatic rings. The van der Waals surface area contributed by atoms with Crippen LogP contribution in [0.1, 0.15) is 46.5 Å². The van der Waals surface area contributed by atoms with E-state index in [4.69, 9.17) is 0 Å². The molecule has 1 rings (SSSR count). The van der Waals surface area contributed by atoms with E-state index < -0.39 is 10.0 Å². The maximum atomic E-state index is 11.9. The number of aliphatic imine (C=N–C) groups is 1. The summed E-state index contributed by atoms with van der Waals surface area (Å²) in [6.45, 7) is 7.77. The molecular formula is C14H30N4O2S. The Morgan fingerprint density at radius 1 is 1.33 bits per heavy atom. The number of rotatable bonds is 9. The third-order valence-electron chi connectivity index (χ3n) is 3.79. The Kier molecular flexibility index (Phi) is 8.03. The van der Waals surface area contributed by atoms with Gasteiger partial charge in [-0.1, -0.05) is 13.3 Å². The number of sulfonamides is 1. The van der Waals surface area contributed by atoms with E-state index in [-0.39, 0.29) is 12.3 Å². The monoisotopic (exact) mass is 318 g/mol. The van der Waals surface area contributed by atoms with Crippen LogP contribution in [0.4, 0.5) is 0 Å². The van der Waals surface area contributed by atoms with E-state index in [2.05, 4.69) is 34.2 Å². The second-order valence-electron chi connectivity index (χ2n) is 5.68. The lowest BCUT2D eigenvalue weighted by atomic mass is 9.86. The van der Waals surface area contributed by atoms with Crippen LogP contribution in [0.2, 0.25) is 0 Å². The molecule has 124 valence electrons. The van der Waals surface area contributed by atoms with Crippen molar-refractivity contribution in [3.8, 4) is 0 Å². The van der Waals surface area contributed by atoms with Gasteiger partial charge in [0.25, 0.3) is 0 Å². The van der Waals surface area contributed by atoms with Crippen LogP contribution < -0.4 is 15.4 Å². The van der Waals surface area contributed by atoms with Crippen LogP contribution in [0, 0.1) is 5.92 Å². The lowest BCUT2D eigenvalue weighted by Crippen LogP contribution is -2.42. The van der Waals surface area contributed by atoms with Gasteiger partial charge < -0.3 is 10.6 Å². The summed E-state index contributed by atoms with van der Waals surface area (Å²) in [4.78, 5) is 4.32. The van der Waals surface area contributed by atoms with E-state index in [0.717, 1.165) is 25.8 Å². The minimum absolute atomic E-state index is 0.0385. The van der Waals surface area contributed by atoms with Crippen molar-refractivity contribution >= 4 is 16.0 Å². The summed E-state index contributed by atoms with van der Waals surface area (Å²) in [6, 6.07) is 0.316. The summed E-state index contributed by atoms with van der Waals surface area (Å²) in [5.41, 5.74) is 0. The topological polar surface area (TPSA) is 82.6 Å². The molecule has 3 N–H and O–H groups in total. The second kappa shape index (κ2) is 9.25. The molecule has 0 aromatic heterocycles. The van der Waals surface area contributed by atoms with Gasteiger partial charge in [-0.25, -0.2) is 13.1 Å². The highest BCUT2D eigenvalue weighted by Gasteiger charge is 2.19. The maximum absolute atomic E-state index is 11.9. The molecule has 0 radical (unpaired) electrons. The molecule has 0 heterocycles. The fourth-order valence-electron chi connectivity index (χ4n) is 1.95. The molecule has 0 aliphatic heterocycles. The van der Waals surface area contributed by atoms with Gasteiger partial charge in [-0.2, -0.15) is 0 Å². The molecule has 0 bridgehead atoms. The van der Waals surface area contributed by atoms with Crippen LogP contribution in [-0.2, 0) is 10.0 Å². The van der Waals surface area contributed by atoms with E-state index in [0.29, 0.717) is 24.5 Å². The number of hydrogen-bond acceptors (Lipinski definition) is 3. The Hall–Kier alpha value is -0.820. The first-order chi connectivity index (χ1) is 9.96. The zero-order chi connectivity index (χ0) is 15.7. The molecule has 1 saturated carbocycles. The van der Waals surface area contributed by atoms with Crippen molar-refractivity contribution in [2.45, 2.75) is 52.5 Å². The third-order valence-corrected chi connectivity index (χ3v) is 5.11. The van der Waals surface area contributed by atoms with Gasteiger partial charge in [-0.15, -0.1) is 0 Å². The first-order valence-electron chi connectivity index (χ1n) is 7.99. The summed E-state index contributed by atoms with van der Waals surface area (Å²) in [7, 11) is -3.21. The molecule has 1 aliphatic carbocycles. The van der Waals surface area contributed by atoms with Gasteiger partial charge in [0, 0.05) is 19.1 Å². The van der Waals surface area contributed by atoms with Gasteiger partial charge >= 0.3 is 0 Å². The molecule has 7 heteroatoms. The van der Waals surface area contributed by atoms with Crippen molar-refractivity contribution in [3.05, 3.63) is 0 Å². The SMILES string of the molecule is CCNC(=NCCS(=O)(=O)NCC1CCC1)NC(C)CC. The zero-order valence-electron chi connectivity index (χ0n) is 13.5. The first-order valence-corrected chi connectivity index (χ1v) is 9.64. The van der Waals surface area contributed by atoms with Crippen molar-refractivity contribution in [1.82, 2.24) is 15.4 Å². The van der Waals surface area contributed by atoms with Crippen LogP contribution in [-0.4, -0.2) is 45.8 Å². The highest BCUT2D eigenvalue weighted by Crippen LogP contribution is 2.25. The predicted molar refractivity (Wildman–Crippen MR) is 88.0 cm³/mol. The standard InChI is InChI=1S/C14H30N4O2S/c1-4-12(3)18-14(15-5-2)16-9-10-21(19,20)17-11-13-7-6-8-13/h12-13,17H,4-11H2,1-3H3,(H2,15,16,18). The number of nitrogens with one attached hydrogen (secondary N) is 3. The van der Waals surface area contributed by atoms with E-state index >= 15 is 0 Å². The lowest BCUT2D eigenvalue weighted by molar-refractivity contribution is 0.316. The smallest absolute Gasteiger partial charge is 0.213 e. The molecule has 0 aromatic carbocycles. The normalized spacial score (nSPS) is 18.1. The average molecular weight is 318 g/mol. The van der Waals surface area contributed by atoms with Crippen LogP contribution in [0.5, 0.6) is 0 Å². The van der Waals surface area contributed by atoms with Crippen LogP contribution in [0.25, 0.3) is 0 Å². The highest BCUT2D eigenvalue weighted by molar-refractivity contribution is 7.89. The Bertz CT molecular complexity index is 419. The summed E-state index contributed by atoms with van der Waals surface area (Å²) >= 11 is 0. The Labute approximate surface area is 129 Å². The fraction of sp³-hybridized carbons (Fsp3) is 0.929. The molecule has 1 unspecified atom stereocenters. The average Bonchev–Trinajstić information content (AvgIpc) is 2.36. The third kappa shape index (κ3) is 7.66. The van der Waals surface area contributed by atoms with Crippen molar-refractivity contribution in [2.75, 3.05) is 25.4 Å². The largest absolute Gasteiger partial charge is 0.357 e. The molecule has 0 amide bonds. The zero-order valence-corrected chi connectivity index (χ0v) is 14.3. The summed E-state index contributed by atoms with van der Waals surface area (Å²) in [6.07, 6.45) is 4.50. The van der Waals surface area contributed by atoms with Crippen LogP contribution >= 0.6 is 0 Å². The summed E-state index contributed by atoms with van der Waals surface area (Å²) < 4.78 is 26.4. The van der Waals surface area contributed by atoms with E-state index in [1.54, 1.807) is 0 Å². The van der Waals surface area contributed by atoms with Crippen molar-refractivity contribution in [3.63, 3.8) is 0 Å². The molecule has 21 heavy (non-hydrogen) atoms. The fourth-order valence-corrected chi connectivity index (χ4v) is 2.91. The minimum Gasteiger partial charge on any atom is -0.357 e. The van der Waals surface area contributed by atoms with Gasteiger partial charge in [0.2, 0.25) is 10.0 Å². The molecule has 0 spiro atoms. The maximum Gasteiger partial charge on any atom is 0.213 e. The minimum atomic E-state index is -3.21. The molecule has 1 fully saturated rings. The van der Waals surface area contributed by atoms with Gasteiger partial charge in [0.05, 0.1) is 12.3 Å². The summed E-state index contributed by atoms with van der Waals surface area (Å²) in [5.74, 6) is 1.25. The van der Waals surface area contributed by atoms with Crippen molar-refractivity contribution < 1.29 is 8.42 Å². The number of guanidine groups is 1. The molecule has 1 aliphatic rings. The molecule has 6 nitrogen and oxygen atoms in total. The van der Waals surface area contributed by atoms with Crippen molar-refractivity contribution in [1.29, 1.82) is 0 Å². The molecule has 0 saturated heterocycles. The van der Waals surface area contributed by atoms with E-state index in [1.165, 1.54) is 6.42 Å². The Morgan fingerprint density at radius 2 is 2.05 bits per heavy atom. The van der Waals surface area contributed by atoms with Gasteiger partial charge in [0.15, 0.2) is 5.96 Å². The van der Waals surface area contributed by atoms with Crippen molar-refractivity contribution in [2.24, 2.45) is 10.9 Å². The van der Waals surface area contributed by atoms with Gasteiger partial charge in [0.1, 0.15) is 0 Å².